The first kappa shape index (κ1) is 19.9. The fourth-order valence-electron chi connectivity index (χ4n) is 3.50. The molecule has 1 fully saturated rings. The lowest BCUT2D eigenvalue weighted by Crippen LogP contribution is -2.43. The third-order valence-electron chi connectivity index (χ3n) is 4.94. The summed E-state index contributed by atoms with van der Waals surface area (Å²) in [4.78, 5) is 37.9. The predicted octanol–water partition coefficient (Wildman–Crippen LogP) is 2.17. The topological polar surface area (TPSA) is 88.8 Å². The lowest BCUT2D eigenvalue weighted by Gasteiger charge is -2.24. The van der Waals surface area contributed by atoms with Crippen molar-refractivity contribution in [2.75, 3.05) is 19.6 Å². The summed E-state index contributed by atoms with van der Waals surface area (Å²) in [7, 11) is 0. The summed E-state index contributed by atoms with van der Waals surface area (Å²) in [5, 5.41) is 3.64. The van der Waals surface area contributed by atoms with Crippen LogP contribution in [-0.4, -0.2) is 42.5 Å². The number of hydrogen-bond donors (Lipinski definition) is 1. The number of fused-ring (bicyclic) bond motifs is 1. The second kappa shape index (κ2) is 8.46. The van der Waals surface area contributed by atoms with Crippen LogP contribution >= 0.6 is 0 Å². The van der Waals surface area contributed by atoms with E-state index in [1.165, 1.54) is 11.0 Å². The number of benzene rings is 1. The van der Waals surface area contributed by atoms with Gasteiger partial charge in [0.15, 0.2) is 6.10 Å². The van der Waals surface area contributed by atoms with Gasteiger partial charge in [0.2, 0.25) is 5.91 Å². The largest absolute Gasteiger partial charge is 0.480 e. The number of amides is 2. The molecule has 3 rings (SSSR count). The number of aryl methyl sites for hydroxylation is 2. The van der Waals surface area contributed by atoms with Gasteiger partial charge in [-0.1, -0.05) is 13.3 Å². The molecule has 7 heteroatoms. The average Bonchev–Trinajstić information content (AvgIpc) is 2.88. The van der Waals surface area contributed by atoms with Crippen LogP contribution in [0.2, 0.25) is 0 Å². The average molecular weight is 386 g/mol. The summed E-state index contributed by atoms with van der Waals surface area (Å²) in [6, 6.07) is 5.19. The van der Waals surface area contributed by atoms with E-state index < -0.39 is 11.7 Å². The third-order valence-corrected chi connectivity index (χ3v) is 4.94. The highest BCUT2D eigenvalue weighted by Gasteiger charge is 2.26. The molecule has 7 nitrogen and oxygen atoms in total. The van der Waals surface area contributed by atoms with Gasteiger partial charge in [-0.25, -0.2) is 4.79 Å². The van der Waals surface area contributed by atoms with E-state index in [9.17, 15) is 14.4 Å². The fourth-order valence-corrected chi connectivity index (χ4v) is 3.50. The van der Waals surface area contributed by atoms with Gasteiger partial charge in [-0.3, -0.25) is 9.59 Å². The molecular weight excluding hydrogens is 360 g/mol. The van der Waals surface area contributed by atoms with Crippen LogP contribution in [0.25, 0.3) is 11.0 Å². The molecule has 1 unspecified atom stereocenters. The zero-order valence-electron chi connectivity index (χ0n) is 16.5. The fraction of sp³-hybridized carbons (Fsp3) is 0.476. The molecule has 1 atom stereocenters. The van der Waals surface area contributed by atoms with Gasteiger partial charge >= 0.3 is 5.63 Å². The summed E-state index contributed by atoms with van der Waals surface area (Å²) in [6.45, 7) is 6.66. The van der Waals surface area contributed by atoms with Gasteiger partial charge in [0.05, 0.1) is 6.54 Å². The van der Waals surface area contributed by atoms with Crippen molar-refractivity contribution < 1.29 is 18.7 Å². The first-order valence-corrected chi connectivity index (χ1v) is 9.69. The number of carbonyl (C=O) groups excluding carboxylic acids is 2. The molecule has 0 saturated carbocycles. The first-order valence-electron chi connectivity index (χ1n) is 9.69. The Labute approximate surface area is 163 Å². The highest BCUT2D eigenvalue weighted by Crippen LogP contribution is 2.29. The summed E-state index contributed by atoms with van der Waals surface area (Å²) in [5.74, 6) is 0.0901. The van der Waals surface area contributed by atoms with Crippen LogP contribution in [0.4, 0.5) is 0 Å². The van der Waals surface area contributed by atoms with Crippen molar-refractivity contribution in [1.82, 2.24) is 10.2 Å². The van der Waals surface area contributed by atoms with E-state index in [0.717, 1.165) is 23.8 Å². The SMILES string of the molecule is CCCc1cc(=O)oc2c(C)c(OC(C)C(=O)N3CCCNC(=O)C3)ccc12. The molecule has 1 N–H and O–H groups in total. The molecule has 150 valence electrons. The summed E-state index contributed by atoms with van der Waals surface area (Å²) >= 11 is 0. The van der Waals surface area contributed by atoms with Crippen LogP contribution in [-0.2, 0) is 16.0 Å². The van der Waals surface area contributed by atoms with E-state index >= 15 is 0 Å². The normalized spacial score (nSPS) is 15.8. The predicted molar refractivity (Wildman–Crippen MR) is 106 cm³/mol. The lowest BCUT2D eigenvalue weighted by molar-refractivity contribution is -0.140. The molecule has 2 aromatic rings. The van der Waals surface area contributed by atoms with Crippen LogP contribution in [0.1, 0.15) is 37.8 Å². The Balaban J connectivity index is 1.85. The first-order chi connectivity index (χ1) is 13.4. The van der Waals surface area contributed by atoms with Crippen molar-refractivity contribution in [2.24, 2.45) is 0 Å². The molecule has 2 amide bonds. The van der Waals surface area contributed by atoms with Crippen molar-refractivity contribution in [3.05, 3.63) is 39.7 Å². The number of hydrogen-bond acceptors (Lipinski definition) is 5. The van der Waals surface area contributed by atoms with Crippen LogP contribution in [0.15, 0.2) is 27.4 Å². The summed E-state index contributed by atoms with van der Waals surface area (Å²) in [6.07, 6.45) is 1.66. The molecule has 0 bridgehead atoms. The Kier molecular flexibility index (Phi) is 6.02. The van der Waals surface area contributed by atoms with Crippen LogP contribution in [0.3, 0.4) is 0 Å². The third kappa shape index (κ3) is 4.18. The quantitative estimate of drug-likeness (QED) is 0.796. The molecule has 0 aliphatic carbocycles. The van der Waals surface area contributed by atoms with Crippen molar-refractivity contribution in [1.29, 1.82) is 0 Å². The monoisotopic (exact) mass is 386 g/mol. The van der Waals surface area contributed by atoms with Crippen molar-refractivity contribution in [2.45, 2.75) is 46.1 Å². The second-order valence-electron chi connectivity index (χ2n) is 7.13. The molecule has 1 aliphatic rings. The minimum absolute atomic E-state index is 0.0402. The Bertz CT molecular complexity index is 950. The molecule has 28 heavy (non-hydrogen) atoms. The Hall–Kier alpha value is -2.83. The van der Waals surface area contributed by atoms with Gasteiger partial charge < -0.3 is 19.4 Å². The smallest absolute Gasteiger partial charge is 0.336 e. The van der Waals surface area contributed by atoms with E-state index in [4.69, 9.17) is 9.15 Å². The summed E-state index contributed by atoms with van der Waals surface area (Å²) in [5.41, 5.74) is 1.72. The molecule has 2 heterocycles. The molecule has 1 aliphatic heterocycles. The minimum atomic E-state index is -0.757. The van der Waals surface area contributed by atoms with E-state index in [-0.39, 0.29) is 18.4 Å². The maximum Gasteiger partial charge on any atom is 0.336 e. The summed E-state index contributed by atoms with van der Waals surface area (Å²) < 4.78 is 11.3. The zero-order chi connectivity index (χ0) is 20.3. The lowest BCUT2D eigenvalue weighted by atomic mass is 10.0. The molecule has 1 aromatic carbocycles. The van der Waals surface area contributed by atoms with Gasteiger partial charge in [0, 0.05) is 30.1 Å². The number of nitrogens with zero attached hydrogens (tertiary/aromatic N) is 1. The molecule has 0 radical (unpaired) electrons. The van der Waals surface area contributed by atoms with Gasteiger partial charge in [-0.15, -0.1) is 0 Å². The highest BCUT2D eigenvalue weighted by molar-refractivity contribution is 5.88. The number of rotatable bonds is 5. The molecule has 1 aromatic heterocycles. The van der Waals surface area contributed by atoms with Gasteiger partial charge in [-0.05, 0) is 44.4 Å². The van der Waals surface area contributed by atoms with Crippen molar-refractivity contribution >= 4 is 22.8 Å². The van der Waals surface area contributed by atoms with E-state index in [0.29, 0.717) is 36.4 Å². The zero-order valence-corrected chi connectivity index (χ0v) is 16.5. The second-order valence-corrected chi connectivity index (χ2v) is 7.13. The van der Waals surface area contributed by atoms with E-state index in [1.807, 2.05) is 13.0 Å². The van der Waals surface area contributed by atoms with Gasteiger partial charge in [0.1, 0.15) is 11.3 Å². The van der Waals surface area contributed by atoms with Gasteiger partial charge in [-0.2, -0.15) is 0 Å². The maximum atomic E-state index is 12.7. The Morgan fingerprint density at radius 1 is 1.36 bits per heavy atom. The van der Waals surface area contributed by atoms with Crippen molar-refractivity contribution in [3.8, 4) is 5.75 Å². The number of ether oxygens (including phenoxy) is 1. The van der Waals surface area contributed by atoms with Crippen LogP contribution in [0.5, 0.6) is 5.75 Å². The highest BCUT2D eigenvalue weighted by atomic mass is 16.5. The maximum absolute atomic E-state index is 12.7. The van der Waals surface area contributed by atoms with E-state index in [1.54, 1.807) is 13.0 Å². The van der Waals surface area contributed by atoms with E-state index in [2.05, 4.69) is 12.2 Å². The van der Waals surface area contributed by atoms with Crippen molar-refractivity contribution in [3.63, 3.8) is 0 Å². The van der Waals surface area contributed by atoms with Crippen LogP contribution in [0, 0.1) is 6.92 Å². The van der Waals surface area contributed by atoms with Crippen LogP contribution < -0.4 is 15.7 Å². The Morgan fingerprint density at radius 2 is 2.14 bits per heavy atom. The molecule has 0 spiro atoms. The Morgan fingerprint density at radius 3 is 2.89 bits per heavy atom. The molecule has 1 saturated heterocycles. The standard InChI is InChI=1S/C21H26N2O5/c1-4-6-15-11-19(25)28-20-13(2)17(8-7-16(15)20)27-14(3)21(26)23-10-5-9-22-18(24)12-23/h7-8,11,14H,4-6,9-10,12H2,1-3H3,(H,22,24). The van der Waals surface area contributed by atoms with Gasteiger partial charge in [0.25, 0.3) is 5.91 Å². The molecular formula is C21H26N2O5. The number of nitrogens with one attached hydrogen (secondary N) is 1. The minimum Gasteiger partial charge on any atom is -0.480 e. The number of carbonyl (C=O) groups is 2.